The molecule has 78 valence electrons. The number of phenolic OH excluding ortho intramolecular Hbond substituents is 1. The van der Waals surface area contributed by atoms with Gasteiger partial charge in [-0.25, -0.2) is 0 Å². The standard InChI is InChI=1S/C11H12N2O2/c1-3-6-13-8-4-5-9(10(14)7-8)11(15)12-2/h1,4-5,7,13-14H,6H2,2H3,(H,12,15). The lowest BCUT2D eigenvalue weighted by atomic mass is 10.1. The van der Waals surface area contributed by atoms with Crippen LogP contribution in [0.2, 0.25) is 0 Å². The lowest BCUT2D eigenvalue weighted by Crippen LogP contribution is -2.17. The zero-order valence-electron chi connectivity index (χ0n) is 8.37. The van der Waals surface area contributed by atoms with Crippen LogP contribution in [-0.2, 0) is 0 Å². The number of phenols is 1. The van der Waals surface area contributed by atoms with Crippen molar-refractivity contribution in [3.05, 3.63) is 23.8 Å². The number of anilines is 1. The van der Waals surface area contributed by atoms with Crippen molar-refractivity contribution in [3.63, 3.8) is 0 Å². The summed E-state index contributed by atoms with van der Waals surface area (Å²) in [5.74, 6) is 2.02. The Balaban J connectivity index is 2.89. The number of amides is 1. The van der Waals surface area contributed by atoms with E-state index in [4.69, 9.17) is 6.42 Å². The van der Waals surface area contributed by atoms with Crippen molar-refractivity contribution in [3.8, 4) is 18.1 Å². The van der Waals surface area contributed by atoms with Gasteiger partial charge in [-0.05, 0) is 12.1 Å². The maximum absolute atomic E-state index is 11.2. The number of benzene rings is 1. The molecule has 0 saturated heterocycles. The van der Waals surface area contributed by atoms with Gasteiger partial charge in [-0.15, -0.1) is 6.42 Å². The van der Waals surface area contributed by atoms with Crippen molar-refractivity contribution < 1.29 is 9.90 Å². The first kappa shape index (κ1) is 10.9. The summed E-state index contributed by atoms with van der Waals surface area (Å²) < 4.78 is 0. The Bertz CT molecular complexity index is 408. The first-order valence-electron chi connectivity index (χ1n) is 4.41. The second kappa shape index (κ2) is 4.91. The molecule has 0 bridgehead atoms. The number of terminal acetylenes is 1. The monoisotopic (exact) mass is 204 g/mol. The van der Waals surface area contributed by atoms with Crippen molar-refractivity contribution in [2.24, 2.45) is 0 Å². The van der Waals surface area contributed by atoms with Crippen LogP contribution in [-0.4, -0.2) is 24.6 Å². The minimum Gasteiger partial charge on any atom is -0.507 e. The van der Waals surface area contributed by atoms with Crippen molar-refractivity contribution in [1.29, 1.82) is 0 Å². The number of nitrogens with one attached hydrogen (secondary N) is 2. The lowest BCUT2D eigenvalue weighted by Gasteiger charge is -2.06. The van der Waals surface area contributed by atoms with E-state index in [0.29, 0.717) is 12.2 Å². The molecule has 0 radical (unpaired) electrons. The minimum absolute atomic E-state index is 0.0728. The maximum atomic E-state index is 11.2. The summed E-state index contributed by atoms with van der Waals surface area (Å²) in [5.41, 5.74) is 0.918. The van der Waals surface area contributed by atoms with E-state index in [2.05, 4.69) is 16.6 Å². The third-order valence-electron chi connectivity index (χ3n) is 1.86. The molecule has 1 aromatic carbocycles. The third-order valence-corrected chi connectivity index (χ3v) is 1.86. The topological polar surface area (TPSA) is 61.4 Å². The molecule has 0 spiro atoms. The molecule has 4 heteroatoms. The number of hydrogen-bond acceptors (Lipinski definition) is 3. The summed E-state index contributed by atoms with van der Waals surface area (Å²) >= 11 is 0. The summed E-state index contributed by atoms with van der Waals surface area (Å²) in [7, 11) is 1.51. The van der Waals surface area contributed by atoms with Gasteiger partial charge in [-0.3, -0.25) is 4.79 Å². The van der Waals surface area contributed by atoms with E-state index < -0.39 is 0 Å². The van der Waals surface area contributed by atoms with Crippen LogP contribution in [0.3, 0.4) is 0 Å². The average Bonchev–Trinajstić information content (AvgIpc) is 2.25. The zero-order chi connectivity index (χ0) is 11.3. The molecule has 0 aromatic heterocycles. The lowest BCUT2D eigenvalue weighted by molar-refractivity contribution is 0.0960. The van der Waals surface area contributed by atoms with Gasteiger partial charge in [0.2, 0.25) is 0 Å². The number of carbonyl (C=O) groups excluding carboxylic acids is 1. The number of rotatable bonds is 3. The van der Waals surface area contributed by atoms with E-state index in [1.807, 2.05) is 0 Å². The second-order valence-corrected chi connectivity index (χ2v) is 2.87. The van der Waals surface area contributed by atoms with Gasteiger partial charge < -0.3 is 15.7 Å². The summed E-state index contributed by atoms with van der Waals surface area (Å²) in [4.78, 5) is 11.2. The molecule has 0 aliphatic heterocycles. The largest absolute Gasteiger partial charge is 0.507 e. The molecular formula is C11H12N2O2. The summed E-state index contributed by atoms with van der Waals surface area (Å²) in [5, 5.41) is 14.9. The van der Waals surface area contributed by atoms with Crippen molar-refractivity contribution in [2.75, 3.05) is 18.9 Å². The fourth-order valence-electron chi connectivity index (χ4n) is 1.12. The Hall–Kier alpha value is -2.15. The Morgan fingerprint density at radius 1 is 1.60 bits per heavy atom. The molecule has 0 fully saturated rings. The van der Waals surface area contributed by atoms with Gasteiger partial charge >= 0.3 is 0 Å². The van der Waals surface area contributed by atoms with Crippen LogP contribution in [0.4, 0.5) is 5.69 Å². The summed E-state index contributed by atoms with van der Waals surface area (Å²) in [6.07, 6.45) is 5.07. The van der Waals surface area contributed by atoms with Gasteiger partial charge in [0.15, 0.2) is 0 Å². The van der Waals surface area contributed by atoms with Gasteiger partial charge in [0, 0.05) is 18.8 Å². The molecule has 4 nitrogen and oxygen atoms in total. The van der Waals surface area contributed by atoms with E-state index >= 15 is 0 Å². The normalized spacial score (nSPS) is 9.07. The number of carbonyl (C=O) groups is 1. The molecule has 1 rings (SSSR count). The third kappa shape index (κ3) is 2.64. The fourth-order valence-corrected chi connectivity index (χ4v) is 1.12. The van der Waals surface area contributed by atoms with Crippen LogP contribution in [0.1, 0.15) is 10.4 Å². The SMILES string of the molecule is C#CCNc1ccc(C(=O)NC)c(O)c1. The number of hydrogen-bond donors (Lipinski definition) is 3. The molecule has 0 aliphatic rings. The number of aromatic hydroxyl groups is 1. The molecule has 0 heterocycles. The van der Waals surface area contributed by atoms with Crippen LogP contribution in [0.15, 0.2) is 18.2 Å². The summed E-state index contributed by atoms with van der Waals surface area (Å²) in [6, 6.07) is 4.68. The molecule has 3 N–H and O–H groups in total. The average molecular weight is 204 g/mol. The second-order valence-electron chi connectivity index (χ2n) is 2.87. The minimum atomic E-state index is -0.323. The Morgan fingerprint density at radius 3 is 2.87 bits per heavy atom. The van der Waals surface area contributed by atoms with Gasteiger partial charge in [-0.2, -0.15) is 0 Å². The highest BCUT2D eigenvalue weighted by molar-refractivity contribution is 5.97. The Kier molecular flexibility index (Phi) is 3.58. The molecule has 1 amide bonds. The van der Waals surface area contributed by atoms with Crippen LogP contribution >= 0.6 is 0 Å². The van der Waals surface area contributed by atoms with Crippen molar-refractivity contribution in [1.82, 2.24) is 5.32 Å². The van der Waals surface area contributed by atoms with Crippen LogP contribution in [0, 0.1) is 12.3 Å². The van der Waals surface area contributed by atoms with E-state index in [-0.39, 0.29) is 17.2 Å². The maximum Gasteiger partial charge on any atom is 0.254 e. The highest BCUT2D eigenvalue weighted by atomic mass is 16.3. The zero-order valence-corrected chi connectivity index (χ0v) is 8.37. The fraction of sp³-hybridized carbons (Fsp3) is 0.182. The Morgan fingerprint density at radius 2 is 2.33 bits per heavy atom. The van der Waals surface area contributed by atoms with Crippen molar-refractivity contribution in [2.45, 2.75) is 0 Å². The summed E-state index contributed by atoms with van der Waals surface area (Å²) in [6.45, 7) is 0.374. The van der Waals surface area contributed by atoms with Gasteiger partial charge in [0.25, 0.3) is 5.91 Å². The molecule has 0 unspecified atom stereocenters. The molecule has 0 atom stereocenters. The molecule has 0 aliphatic carbocycles. The first-order chi connectivity index (χ1) is 7.19. The van der Waals surface area contributed by atoms with Crippen molar-refractivity contribution >= 4 is 11.6 Å². The van der Waals surface area contributed by atoms with Gasteiger partial charge in [-0.1, -0.05) is 5.92 Å². The van der Waals surface area contributed by atoms with Gasteiger partial charge in [0.05, 0.1) is 12.1 Å². The quantitative estimate of drug-likeness (QED) is 0.638. The highest BCUT2D eigenvalue weighted by Crippen LogP contribution is 2.21. The van der Waals surface area contributed by atoms with E-state index in [1.54, 1.807) is 6.07 Å². The van der Waals surface area contributed by atoms with E-state index in [9.17, 15) is 9.90 Å². The molecule has 15 heavy (non-hydrogen) atoms. The predicted molar refractivity (Wildman–Crippen MR) is 58.8 cm³/mol. The molecule has 0 saturated carbocycles. The predicted octanol–water partition coefficient (Wildman–Crippen LogP) is 0.797. The van der Waals surface area contributed by atoms with Crippen LogP contribution in [0.25, 0.3) is 0 Å². The van der Waals surface area contributed by atoms with Crippen LogP contribution in [0.5, 0.6) is 5.75 Å². The van der Waals surface area contributed by atoms with E-state index in [0.717, 1.165) is 0 Å². The first-order valence-corrected chi connectivity index (χ1v) is 4.41. The van der Waals surface area contributed by atoms with E-state index in [1.165, 1.54) is 19.2 Å². The molecule has 1 aromatic rings. The van der Waals surface area contributed by atoms with Crippen LogP contribution < -0.4 is 10.6 Å². The smallest absolute Gasteiger partial charge is 0.254 e. The Labute approximate surface area is 88.3 Å². The van der Waals surface area contributed by atoms with Gasteiger partial charge in [0.1, 0.15) is 5.75 Å². The molecular weight excluding hydrogens is 192 g/mol. The highest BCUT2D eigenvalue weighted by Gasteiger charge is 2.09.